The van der Waals surface area contributed by atoms with Crippen molar-refractivity contribution in [1.82, 2.24) is 25.4 Å². The van der Waals surface area contributed by atoms with E-state index in [9.17, 15) is 13.6 Å². The fourth-order valence-electron chi connectivity index (χ4n) is 2.09. The zero-order chi connectivity index (χ0) is 19.6. The molecule has 140 valence electrons. The molecule has 3 aromatic rings. The number of anilines is 3. The van der Waals surface area contributed by atoms with E-state index in [0.29, 0.717) is 11.3 Å². The van der Waals surface area contributed by atoms with Gasteiger partial charge in [-0.3, -0.25) is 4.79 Å². The SMILES string of the molecule is CNC(=O)c1ccc(Nc2ncc(-c3nc(C(F)F)no3)c(N)n2)cc1Cl. The van der Waals surface area contributed by atoms with Crippen molar-refractivity contribution in [2.75, 3.05) is 18.1 Å². The summed E-state index contributed by atoms with van der Waals surface area (Å²) in [7, 11) is 1.50. The maximum Gasteiger partial charge on any atom is 0.300 e. The second kappa shape index (κ2) is 7.50. The second-order valence-corrected chi connectivity index (χ2v) is 5.56. The summed E-state index contributed by atoms with van der Waals surface area (Å²) in [5, 5.41) is 8.73. The highest BCUT2D eigenvalue weighted by Crippen LogP contribution is 2.27. The molecule has 0 saturated heterocycles. The Hall–Kier alpha value is -3.34. The number of amides is 1. The van der Waals surface area contributed by atoms with Gasteiger partial charge in [-0.15, -0.1) is 0 Å². The van der Waals surface area contributed by atoms with Crippen LogP contribution in [-0.2, 0) is 0 Å². The Morgan fingerprint density at radius 3 is 2.70 bits per heavy atom. The van der Waals surface area contributed by atoms with Crippen LogP contribution in [0, 0.1) is 0 Å². The number of rotatable bonds is 5. The molecule has 3 rings (SSSR count). The summed E-state index contributed by atoms with van der Waals surface area (Å²) in [5.74, 6) is -1.22. The molecule has 0 aliphatic rings. The third kappa shape index (κ3) is 3.92. The highest BCUT2D eigenvalue weighted by atomic mass is 35.5. The Labute approximate surface area is 156 Å². The maximum atomic E-state index is 12.5. The van der Waals surface area contributed by atoms with Crippen LogP contribution in [0.4, 0.5) is 26.2 Å². The highest BCUT2D eigenvalue weighted by Gasteiger charge is 2.19. The van der Waals surface area contributed by atoms with Crippen LogP contribution < -0.4 is 16.4 Å². The number of halogens is 3. The highest BCUT2D eigenvalue weighted by molar-refractivity contribution is 6.34. The van der Waals surface area contributed by atoms with Crippen molar-refractivity contribution >= 4 is 35.0 Å². The first-order chi connectivity index (χ1) is 12.9. The van der Waals surface area contributed by atoms with Crippen molar-refractivity contribution in [3.05, 3.63) is 40.8 Å². The number of aromatic nitrogens is 4. The van der Waals surface area contributed by atoms with Gasteiger partial charge in [-0.1, -0.05) is 16.8 Å². The predicted octanol–water partition coefficient (Wildman–Crippen LogP) is 2.80. The first-order valence-electron chi connectivity index (χ1n) is 7.42. The first-order valence-corrected chi connectivity index (χ1v) is 7.80. The van der Waals surface area contributed by atoms with Crippen LogP contribution in [0.5, 0.6) is 0 Å². The summed E-state index contributed by atoms with van der Waals surface area (Å²) in [6.45, 7) is 0. The minimum Gasteiger partial charge on any atom is -0.383 e. The van der Waals surface area contributed by atoms with Crippen molar-refractivity contribution in [3.8, 4) is 11.5 Å². The van der Waals surface area contributed by atoms with Crippen molar-refractivity contribution in [1.29, 1.82) is 0 Å². The van der Waals surface area contributed by atoms with Crippen LogP contribution in [-0.4, -0.2) is 33.1 Å². The van der Waals surface area contributed by atoms with Crippen LogP contribution in [0.15, 0.2) is 28.9 Å². The minimum atomic E-state index is -2.87. The molecule has 4 N–H and O–H groups in total. The largest absolute Gasteiger partial charge is 0.383 e. The number of carbonyl (C=O) groups is 1. The van der Waals surface area contributed by atoms with Crippen molar-refractivity contribution < 1.29 is 18.1 Å². The topological polar surface area (TPSA) is 132 Å². The summed E-state index contributed by atoms with van der Waals surface area (Å²) >= 11 is 6.08. The third-order valence-corrected chi connectivity index (χ3v) is 3.70. The van der Waals surface area contributed by atoms with Gasteiger partial charge in [0.1, 0.15) is 11.4 Å². The predicted molar refractivity (Wildman–Crippen MR) is 92.8 cm³/mol. The molecule has 0 radical (unpaired) electrons. The van der Waals surface area contributed by atoms with E-state index in [-0.39, 0.29) is 34.2 Å². The lowest BCUT2D eigenvalue weighted by molar-refractivity contribution is 0.0963. The van der Waals surface area contributed by atoms with Gasteiger partial charge in [0, 0.05) is 18.9 Å². The maximum absolute atomic E-state index is 12.5. The molecule has 0 unspecified atom stereocenters. The Morgan fingerprint density at radius 2 is 2.11 bits per heavy atom. The van der Waals surface area contributed by atoms with Crippen LogP contribution in [0.25, 0.3) is 11.5 Å². The van der Waals surface area contributed by atoms with Gasteiger partial charge >= 0.3 is 6.43 Å². The van der Waals surface area contributed by atoms with Crippen LogP contribution in [0.3, 0.4) is 0 Å². The average molecular weight is 396 g/mol. The molecule has 2 heterocycles. The van der Waals surface area contributed by atoms with Crippen molar-refractivity contribution in [3.63, 3.8) is 0 Å². The monoisotopic (exact) mass is 395 g/mol. The van der Waals surface area contributed by atoms with E-state index in [0.717, 1.165) is 0 Å². The number of carbonyl (C=O) groups excluding carboxylic acids is 1. The van der Waals surface area contributed by atoms with Gasteiger partial charge in [-0.25, -0.2) is 13.8 Å². The number of nitrogen functional groups attached to an aromatic ring is 1. The van der Waals surface area contributed by atoms with E-state index in [2.05, 4.69) is 30.7 Å². The van der Waals surface area contributed by atoms with Gasteiger partial charge in [-0.05, 0) is 18.2 Å². The van der Waals surface area contributed by atoms with Gasteiger partial charge in [-0.2, -0.15) is 9.97 Å². The molecule has 0 aliphatic heterocycles. The molecule has 0 spiro atoms. The molecule has 0 atom stereocenters. The van der Waals surface area contributed by atoms with Crippen LogP contribution in [0.2, 0.25) is 5.02 Å². The Balaban J connectivity index is 1.81. The zero-order valence-electron chi connectivity index (χ0n) is 13.7. The Kier molecular flexibility index (Phi) is 5.12. The number of hydrogen-bond acceptors (Lipinski definition) is 8. The summed E-state index contributed by atoms with van der Waals surface area (Å²) in [6, 6.07) is 4.66. The van der Waals surface area contributed by atoms with E-state index >= 15 is 0 Å². The van der Waals surface area contributed by atoms with Gasteiger partial charge in [0.2, 0.25) is 11.8 Å². The summed E-state index contributed by atoms with van der Waals surface area (Å²) in [4.78, 5) is 23.2. The summed E-state index contributed by atoms with van der Waals surface area (Å²) in [6.07, 6.45) is -1.61. The quantitative estimate of drug-likeness (QED) is 0.600. The summed E-state index contributed by atoms with van der Waals surface area (Å²) < 4.78 is 29.8. The average Bonchev–Trinajstić information content (AvgIpc) is 3.11. The van der Waals surface area contributed by atoms with Crippen molar-refractivity contribution in [2.45, 2.75) is 6.43 Å². The molecular weight excluding hydrogens is 384 g/mol. The zero-order valence-corrected chi connectivity index (χ0v) is 14.5. The number of nitrogens with zero attached hydrogens (tertiary/aromatic N) is 4. The molecule has 9 nitrogen and oxygen atoms in total. The number of alkyl halides is 2. The van der Waals surface area contributed by atoms with Gasteiger partial charge in [0.15, 0.2) is 0 Å². The Bertz CT molecular complexity index is 996. The number of benzene rings is 1. The van der Waals surface area contributed by atoms with Crippen LogP contribution in [0.1, 0.15) is 22.6 Å². The van der Waals surface area contributed by atoms with E-state index in [1.165, 1.54) is 25.4 Å². The van der Waals surface area contributed by atoms with Crippen LogP contribution >= 0.6 is 11.6 Å². The molecular formula is C15H12ClF2N7O2. The molecule has 0 fully saturated rings. The first kappa shape index (κ1) is 18.5. The Morgan fingerprint density at radius 1 is 1.33 bits per heavy atom. The molecule has 0 aliphatic carbocycles. The molecule has 1 aromatic carbocycles. The standard InChI is InChI=1S/C15H12ClF2N7O2/c1-20-13(26)7-3-2-6(4-9(7)16)22-15-21-5-8(11(19)23-15)14-24-12(10(17)18)25-27-14/h2-5,10H,1H3,(H,20,26)(H3,19,21,22,23). The lowest BCUT2D eigenvalue weighted by Gasteiger charge is -2.09. The van der Waals surface area contributed by atoms with E-state index in [1.54, 1.807) is 6.07 Å². The van der Waals surface area contributed by atoms with Gasteiger partial charge in [0.05, 0.1) is 10.6 Å². The number of nitrogens with one attached hydrogen (secondary N) is 2. The van der Waals surface area contributed by atoms with Gasteiger partial charge < -0.3 is 20.9 Å². The minimum absolute atomic E-state index is 0.0509. The number of hydrogen-bond donors (Lipinski definition) is 3. The molecule has 1 amide bonds. The van der Waals surface area contributed by atoms with E-state index in [1.807, 2.05) is 0 Å². The van der Waals surface area contributed by atoms with Crippen molar-refractivity contribution in [2.24, 2.45) is 0 Å². The van der Waals surface area contributed by atoms with E-state index in [4.69, 9.17) is 21.9 Å². The fraction of sp³-hybridized carbons (Fsp3) is 0.133. The van der Waals surface area contributed by atoms with Gasteiger partial charge in [0.25, 0.3) is 11.8 Å². The summed E-state index contributed by atoms with van der Waals surface area (Å²) in [5.41, 5.74) is 6.76. The lowest BCUT2D eigenvalue weighted by atomic mass is 10.2. The normalized spacial score (nSPS) is 10.9. The smallest absolute Gasteiger partial charge is 0.300 e. The lowest BCUT2D eigenvalue weighted by Crippen LogP contribution is -2.18. The molecule has 2 aromatic heterocycles. The molecule has 0 saturated carbocycles. The second-order valence-electron chi connectivity index (χ2n) is 5.15. The van der Waals surface area contributed by atoms with E-state index < -0.39 is 12.2 Å². The molecule has 0 bridgehead atoms. The fourth-order valence-corrected chi connectivity index (χ4v) is 2.36. The number of nitrogens with two attached hydrogens (primary N) is 1. The third-order valence-electron chi connectivity index (χ3n) is 3.38. The molecule has 27 heavy (non-hydrogen) atoms. The molecule has 12 heteroatoms.